The van der Waals surface area contributed by atoms with Crippen molar-refractivity contribution in [3.05, 3.63) is 34.4 Å². The van der Waals surface area contributed by atoms with Gasteiger partial charge in [0.15, 0.2) is 0 Å². The summed E-state index contributed by atoms with van der Waals surface area (Å²) in [6.07, 6.45) is 2.74. The third-order valence-corrected chi connectivity index (χ3v) is 3.62. The molecule has 0 bridgehead atoms. The summed E-state index contributed by atoms with van der Waals surface area (Å²) in [6, 6.07) is 4.52. The Bertz CT molecular complexity index is 373. The van der Waals surface area contributed by atoms with Crippen molar-refractivity contribution in [3.8, 4) is 0 Å². The van der Waals surface area contributed by atoms with E-state index in [1.165, 1.54) is 35.1 Å². The van der Waals surface area contributed by atoms with Crippen molar-refractivity contribution in [1.82, 2.24) is 5.32 Å². The highest BCUT2D eigenvalue weighted by molar-refractivity contribution is 5.37. The highest BCUT2D eigenvalue weighted by atomic mass is 16.5. The van der Waals surface area contributed by atoms with E-state index in [9.17, 15) is 0 Å². The second-order valence-electron chi connectivity index (χ2n) is 5.57. The zero-order valence-corrected chi connectivity index (χ0v) is 11.9. The number of aryl methyl sites for hydroxylation is 3. The molecule has 0 spiro atoms. The molecule has 18 heavy (non-hydrogen) atoms. The molecule has 1 fully saturated rings. The highest BCUT2D eigenvalue weighted by Crippen LogP contribution is 2.28. The molecule has 100 valence electrons. The van der Waals surface area contributed by atoms with E-state index in [1.807, 2.05) is 0 Å². The molecule has 1 aromatic rings. The maximum Gasteiger partial charge on any atom is 0.0591 e. The SMILES string of the molecule is Cc1cc(C)c(CNCCOCC2CC2)c(C)c1. The van der Waals surface area contributed by atoms with Crippen molar-refractivity contribution in [2.45, 2.75) is 40.2 Å². The van der Waals surface area contributed by atoms with Gasteiger partial charge in [-0.3, -0.25) is 0 Å². The van der Waals surface area contributed by atoms with Gasteiger partial charge in [-0.1, -0.05) is 17.7 Å². The van der Waals surface area contributed by atoms with Gasteiger partial charge in [-0.25, -0.2) is 0 Å². The van der Waals surface area contributed by atoms with Gasteiger partial charge in [0.25, 0.3) is 0 Å². The Kier molecular flexibility index (Phi) is 4.79. The Morgan fingerprint density at radius 3 is 2.44 bits per heavy atom. The summed E-state index contributed by atoms with van der Waals surface area (Å²) >= 11 is 0. The fourth-order valence-corrected chi connectivity index (χ4v) is 2.38. The predicted octanol–water partition coefficient (Wildman–Crippen LogP) is 3.13. The third kappa shape index (κ3) is 4.11. The van der Waals surface area contributed by atoms with Crippen LogP contribution in [0.25, 0.3) is 0 Å². The molecular weight excluding hydrogens is 222 g/mol. The summed E-state index contributed by atoms with van der Waals surface area (Å²) in [7, 11) is 0. The largest absolute Gasteiger partial charge is 0.380 e. The Morgan fingerprint density at radius 2 is 1.83 bits per heavy atom. The molecule has 0 saturated heterocycles. The molecule has 1 aromatic carbocycles. The summed E-state index contributed by atoms with van der Waals surface area (Å²) < 4.78 is 5.61. The van der Waals surface area contributed by atoms with Crippen LogP contribution in [0.3, 0.4) is 0 Å². The van der Waals surface area contributed by atoms with Gasteiger partial charge in [0.1, 0.15) is 0 Å². The van der Waals surface area contributed by atoms with Gasteiger partial charge in [0.2, 0.25) is 0 Å². The topological polar surface area (TPSA) is 21.3 Å². The smallest absolute Gasteiger partial charge is 0.0591 e. The maximum atomic E-state index is 5.61. The summed E-state index contributed by atoms with van der Waals surface area (Å²) in [6.45, 7) is 10.2. The van der Waals surface area contributed by atoms with Crippen LogP contribution in [-0.4, -0.2) is 19.8 Å². The Hall–Kier alpha value is -0.860. The standard InChI is InChI=1S/C16H25NO/c1-12-8-13(2)16(14(3)9-12)10-17-6-7-18-11-15-4-5-15/h8-9,15,17H,4-7,10-11H2,1-3H3. The van der Waals surface area contributed by atoms with Crippen LogP contribution in [0.1, 0.15) is 35.1 Å². The normalized spacial score (nSPS) is 15.1. The van der Waals surface area contributed by atoms with Gasteiger partial charge < -0.3 is 10.1 Å². The molecule has 0 unspecified atom stereocenters. The van der Waals surface area contributed by atoms with Crippen molar-refractivity contribution in [1.29, 1.82) is 0 Å². The quantitative estimate of drug-likeness (QED) is 0.747. The second kappa shape index (κ2) is 6.35. The van der Waals surface area contributed by atoms with Crippen molar-refractivity contribution in [3.63, 3.8) is 0 Å². The molecule has 1 N–H and O–H groups in total. The average Bonchev–Trinajstić information content (AvgIpc) is 3.09. The molecule has 0 aliphatic heterocycles. The van der Waals surface area contributed by atoms with Crippen LogP contribution in [0.5, 0.6) is 0 Å². The monoisotopic (exact) mass is 247 g/mol. The van der Waals surface area contributed by atoms with Crippen molar-refractivity contribution in [2.24, 2.45) is 5.92 Å². The Labute approximate surface area is 111 Å². The van der Waals surface area contributed by atoms with Crippen LogP contribution in [0.4, 0.5) is 0 Å². The van der Waals surface area contributed by atoms with Crippen LogP contribution >= 0.6 is 0 Å². The first-order chi connectivity index (χ1) is 8.66. The van der Waals surface area contributed by atoms with E-state index in [0.717, 1.165) is 32.2 Å². The van der Waals surface area contributed by atoms with E-state index in [0.29, 0.717) is 0 Å². The van der Waals surface area contributed by atoms with Crippen LogP contribution in [0.15, 0.2) is 12.1 Å². The molecule has 1 aliphatic rings. The average molecular weight is 247 g/mol. The fourth-order valence-electron chi connectivity index (χ4n) is 2.38. The summed E-state index contributed by atoms with van der Waals surface area (Å²) in [4.78, 5) is 0. The van der Waals surface area contributed by atoms with E-state index in [1.54, 1.807) is 0 Å². The highest BCUT2D eigenvalue weighted by Gasteiger charge is 2.20. The lowest BCUT2D eigenvalue weighted by molar-refractivity contribution is 0.126. The molecule has 0 radical (unpaired) electrons. The summed E-state index contributed by atoms with van der Waals surface area (Å²) in [5.41, 5.74) is 5.56. The second-order valence-corrected chi connectivity index (χ2v) is 5.57. The summed E-state index contributed by atoms with van der Waals surface area (Å²) in [5.74, 6) is 0.867. The van der Waals surface area contributed by atoms with E-state index >= 15 is 0 Å². The van der Waals surface area contributed by atoms with Gasteiger partial charge in [-0.15, -0.1) is 0 Å². The molecule has 2 rings (SSSR count). The van der Waals surface area contributed by atoms with Crippen molar-refractivity contribution >= 4 is 0 Å². The number of rotatable bonds is 7. The van der Waals surface area contributed by atoms with Gasteiger partial charge in [-0.05, 0) is 56.2 Å². The molecule has 2 heteroatoms. The number of hydrogen-bond donors (Lipinski definition) is 1. The molecular formula is C16H25NO. The maximum absolute atomic E-state index is 5.61. The first-order valence-electron chi connectivity index (χ1n) is 7.02. The zero-order chi connectivity index (χ0) is 13.0. The molecule has 1 saturated carbocycles. The van der Waals surface area contributed by atoms with Crippen LogP contribution < -0.4 is 5.32 Å². The third-order valence-electron chi connectivity index (χ3n) is 3.62. The summed E-state index contributed by atoms with van der Waals surface area (Å²) in [5, 5.41) is 3.47. The lowest BCUT2D eigenvalue weighted by Crippen LogP contribution is -2.20. The zero-order valence-electron chi connectivity index (χ0n) is 11.9. The number of benzene rings is 1. The van der Waals surface area contributed by atoms with Gasteiger partial charge in [0.05, 0.1) is 6.61 Å². The van der Waals surface area contributed by atoms with E-state index in [2.05, 4.69) is 38.2 Å². The Morgan fingerprint density at radius 1 is 1.17 bits per heavy atom. The number of ether oxygens (including phenoxy) is 1. The van der Waals surface area contributed by atoms with Crippen molar-refractivity contribution in [2.75, 3.05) is 19.8 Å². The molecule has 0 aromatic heterocycles. The minimum absolute atomic E-state index is 0.834. The van der Waals surface area contributed by atoms with Crippen LogP contribution in [0.2, 0.25) is 0 Å². The van der Waals surface area contributed by atoms with E-state index in [4.69, 9.17) is 4.74 Å². The predicted molar refractivity (Wildman–Crippen MR) is 75.9 cm³/mol. The van der Waals surface area contributed by atoms with Crippen LogP contribution in [0, 0.1) is 26.7 Å². The number of hydrogen-bond acceptors (Lipinski definition) is 2. The molecule has 0 heterocycles. The Balaban J connectivity index is 1.68. The minimum Gasteiger partial charge on any atom is -0.380 e. The molecule has 2 nitrogen and oxygen atoms in total. The first kappa shape index (κ1) is 13.6. The van der Waals surface area contributed by atoms with E-state index in [-0.39, 0.29) is 0 Å². The van der Waals surface area contributed by atoms with Crippen LogP contribution in [-0.2, 0) is 11.3 Å². The first-order valence-corrected chi connectivity index (χ1v) is 7.02. The molecule has 0 amide bonds. The minimum atomic E-state index is 0.834. The lowest BCUT2D eigenvalue weighted by atomic mass is 10.00. The van der Waals surface area contributed by atoms with Gasteiger partial charge in [-0.2, -0.15) is 0 Å². The van der Waals surface area contributed by atoms with Crippen molar-refractivity contribution < 1.29 is 4.74 Å². The van der Waals surface area contributed by atoms with Gasteiger partial charge >= 0.3 is 0 Å². The molecule has 0 atom stereocenters. The fraction of sp³-hybridized carbons (Fsp3) is 0.625. The lowest BCUT2D eigenvalue weighted by Gasteiger charge is -2.12. The number of nitrogens with one attached hydrogen (secondary N) is 1. The van der Waals surface area contributed by atoms with E-state index < -0.39 is 0 Å². The van der Waals surface area contributed by atoms with Gasteiger partial charge in [0, 0.05) is 19.7 Å². The molecule has 1 aliphatic carbocycles.